The van der Waals surface area contributed by atoms with Crippen LogP contribution >= 0.6 is 39.5 Å². The topological polar surface area (TPSA) is 84.2 Å². The van der Waals surface area contributed by atoms with Crippen molar-refractivity contribution >= 4 is 71.9 Å². The average Bonchev–Trinajstić information content (AvgIpc) is 3.40. The maximum Gasteiger partial charge on any atom is 0.258 e. The maximum absolute atomic E-state index is 12.9. The predicted octanol–water partition coefficient (Wildman–Crippen LogP) is 5.46. The Balaban J connectivity index is 1.34. The minimum atomic E-state index is -0.270. The molecule has 5 aromatic rings. The second-order valence-corrected chi connectivity index (χ2v) is 9.42. The van der Waals surface area contributed by atoms with Gasteiger partial charge in [0.05, 0.1) is 0 Å². The number of benzene rings is 3. The van der Waals surface area contributed by atoms with E-state index in [-0.39, 0.29) is 11.0 Å². The Hall–Kier alpha value is -3.21. The van der Waals surface area contributed by atoms with Crippen LogP contribution in [0.3, 0.4) is 0 Å². The number of carbonyl (C=O) groups excluding carboxylic acids is 1. The predicted molar refractivity (Wildman–Crippen MR) is 139 cm³/mol. The number of nitrogens with zero attached hydrogens (tertiary/aromatic N) is 4. The number of rotatable bonds is 4. The highest BCUT2D eigenvalue weighted by atomic mass is 79.9. The average molecular weight is 537 g/mol. The van der Waals surface area contributed by atoms with Crippen LogP contribution in [0, 0.1) is 0 Å². The van der Waals surface area contributed by atoms with E-state index in [0.717, 1.165) is 48.7 Å². The normalized spacial score (nSPS) is 11.1. The van der Waals surface area contributed by atoms with Crippen LogP contribution in [0.25, 0.3) is 26.3 Å². The van der Waals surface area contributed by atoms with E-state index in [9.17, 15) is 4.79 Å². The van der Waals surface area contributed by atoms with Gasteiger partial charge in [-0.05, 0) is 47.3 Å². The lowest BCUT2D eigenvalue weighted by Gasteiger charge is -2.12. The molecule has 3 aromatic carbocycles. The zero-order chi connectivity index (χ0) is 22.9. The number of carbonyl (C=O) groups is 1. The van der Waals surface area contributed by atoms with E-state index < -0.39 is 0 Å². The Labute approximate surface area is 207 Å². The molecule has 0 unspecified atom stereocenters. The first kappa shape index (κ1) is 21.6. The number of hydrogen-bond acceptors (Lipinski definition) is 6. The van der Waals surface area contributed by atoms with E-state index in [1.807, 2.05) is 61.5 Å². The second kappa shape index (κ2) is 8.97. The number of aromatic nitrogens is 4. The highest BCUT2D eigenvalue weighted by Gasteiger charge is 2.14. The van der Waals surface area contributed by atoms with Crippen molar-refractivity contribution in [3.63, 3.8) is 0 Å². The number of hydrogen-bond donors (Lipinski definition) is 2. The van der Waals surface area contributed by atoms with Gasteiger partial charge in [-0.25, -0.2) is 0 Å². The fraction of sp³-hybridized carbons (Fsp3) is 0.0870. The van der Waals surface area contributed by atoms with E-state index in [2.05, 4.69) is 41.9 Å². The number of amides is 1. The summed E-state index contributed by atoms with van der Waals surface area (Å²) in [6.07, 6.45) is 0.757. The van der Waals surface area contributed by atoms with Crippen LogP contribution in [0.2, 0.25) is 0 Å². The van der Waals surface area contributed by atoms with Crippen molar-refractivity contribution in [1.29, 1.82) is 0 Å². The van der Waals surface area contributed by atoms with Crippen molar-refractivity contribution in [2.45, 2.75) is 13.3 Å². The molecule has 0 saturated heterocycles. The molecule has 0 atom stereocenters. The van der Waals surface area contributed by atoms with Crippen molar-refractivity contribution in [1.82, 2.24) is 25.1 Å². The highest BCUT2D eigenvalue weighted by molar-refractivity contribution is 9.10. The van der Waals surface area contributed by atoms with E-state index in [0.29, 0.717) is 5.56 Å². The summed E-state index contributed by atoms with van der Waals surface area (Å²) in [6, 6.07) is 19.1. The van der Waals surface area contributed by atoms with Gasteiger partial charge in [0.15, 0.2) is 10.9 Å². The van der Waals surface area contributed by atoms with Crippen LogP contribution in [0.4, 0.5) is 5.69 Å². The molecule has 0 spiro atoms. The quantitative estimate of drug-likeness (QED) is 0.297. The maximum atomic E-state index is 12.9. The second-order valence-electron chi connectivity index (χ2n) is 7.20. The monoisotopic (exact) mass is 536 g/mol. The number of aryl methyl sites for hydroxylation is 1. The van der Waals surface area contributed by atoms with Crippen LogP contribution in [-0.4, -0.2) is 30.8 Å². The Morgan fingerprint density at radius 2 is 1.88 bits per heavy atom. The molecule has 7 nitrogen and oxygen atoms in total. The standard InChI is InChI=1S/C23H17BrN6OS2/c1-2-19-27-28-23-30(19)29-21(33-23)13-6-3-7-14(12-13)25-22(32)26-20(31)17-10-4-9-16-15(17)8-5-11-18(16)24/h3-12H,2H2,1H3,(H2,25,26,31,32). The third-order valence-electron chi connectivity index (χ3n) is 5.08. The zero-order valence-electron chi connectivity index (χ0n) is 17.4. The molecular weight excluding hydrogens is 520 g/mol. The summed E-state index contributed by atoms with van der Waals surface area (Å²) in [5.41, 5.74) is 2.23. The summed E-state index contributed by atoms with van der Waals surface area (Å²) >= 11 is 10.4. The molecule has 2 aromatic heterocycles. The number of fused-ring (bicyclic) bond motifs is 2. The third kappa shape index (κ3) is 4.24. The van der Waals surface area contributed by atoms with E-state index >= 15 is 0 Å². The minimum Gasteiger partial charge on any atom is -0.332 e. The summed E-state index contributed by atoms with van der Waals surface area (Å²) < 4.78 is 2.71. The van der Waals surface area contributed by atoms with Gasteiger partial charge in [0.1, 0.15) is 5.01 Å². The van der Waals surface area contributed by atoms with E-state index in [4.69, 9.17) is 12.2 Å². The van der Waals surface area contributed by atoms with Crippen LogP contribution < -0.4 is 10.6 Å². The summed E-state index contributed by atoms with van der Waals surface area (Å²) in [5, 5.41) is 21.7. The van der Waals surface area contributed by atoms with Crippen LogP contribution in [0.1, 0.15) is 23.1 Å². The first-order valence-electron chi connectivity index (χ1n) is 10.1. The summed E-state index contributed by atoms with van der Waals surface area (Å²) in [4.78, 5) is 13.7. The molecule has 0 aliphatic heterocycles. The van der Waals surface area contributed by atoms with Gasteiger partial charge in [-0.1, -0.05) is 70.6 Å². The summed E-state index contributed by atoms with van der Waals surface area (Å²) in [5.74, 6) is 0.555. The Kier molecular flexibility index (Phi) is 5.88. The smallest absolute Gasteiger partial charge is 0.258 e. The van der Waals surface area contributed by atoms with Crippen molar-refractivity contribution in [2.24, 2.45) is 0 Å². The first-order chi connectivity index (χ1) is 16.0. The van der Waals surface area contributed by atoms with Gasteiger partial charge in [-0.2, -0.15) is 9.61 Å². The van der Waals surface area contributed by atoms with Crippen molar-refractivity contribution in [2.75, 3.05) is 5.32 Å². The number of thiocarbonyl (C=S) groups is 1. The van der Waals surface area contributed by atoms with E-state index in [1.165, 1.54) is 11.3 Å². The van der Waals surface area contributed by atoms with Crippen molar-refractivity contribution in [3.8, 4) is 10.6 Å². The van der Waals surface area contributed by atoms with Gasteiger partial charge < -0.3 is 5.32 Å². The van der Waals surface area contributed by atoms with Gasteiger partial charge in [0.2, 0.25) is 4.96 Å². The summed E-state index contributed by atoms with van der Waals surface area (Å²) in [7, 11) is 0. The lowest BCUT2D eigenvalue weighted by molar-refractivity contribution is 0.0979. The van der Waals surface area contributed by atoms with Crippen molar-refractivity contribution in [3.05, 3.63) is 76.5 Å². The highest BCUT2D eigenvalue weighted by Crippen LogP contribution is 2.28. The molecule has 0 saturated carbocycles. The first-order valence-corrected chi connectivity index (χ1v) is 12.2. The molecular formula is C23H17BrN6OS2. The molecule has 164 valence electrons. The van der Waals surface area contributed by atoms with Gasteiger partial charge in [0.25, 0.3) is 5.91 Å². The van der Waals surface area contributed by atoms with Gasteiger partial charge in [-0.3, -0.25) is 10.1 Å². The largest absolute Gasteiger partial charge is 0.332 e. The third-order valence-corrected chi connectivity index (χ3v) is 6.92. The molecule has 0 bridgehead atoms. The Morgan fingerprint density at radius 1 is 1.09 bits per heavy atom. The molecule has 2 N–H and O–H groups in total. The molecule has 10 heteroatoms. The van der Waals surface area contributed by atoms with Crippen LogP contribution in [0.15, 0.2) is 65.1 Å². The molecule has 0 radical (unpaired) electrons. The van der Waals surface area contributed by atoms with E-state index in [1.54, 1.807) is 10.6 Å². The SMILES string of the molecule is CCc1nnc2sc(-c3cccc(NC(=S)NC(=O)c4cccc5c(Br)cccc45)c3)nn12. The number of halogens is 1. The lowest BCUT2D eigenvalue weighted by Crippen LogP contribution is -2.34. The van der Waals surface area contributed by atoms with Gasteiger partial charge in [0, 0.05) is 27.7 Å². The fourth-order valence-corrected chi connectivity index (χ4v) is 5.09. The molecule has 0 aliphatic carbocycles. The molecule has 0 aliphatic rings. The number of anilines is 1. The van der Waals surface area contributed by atoms with Crippen molar-refractivity contribution < 1.29 is 4.79 Å². The molecule has 2 heterocycles. The molecule has 0 fully saturated rings. The molecule has 1 amide bonds. The lowest BCUT2D eigenvalue weighted by atomic mass is 10.0. The Bertz CT molecular complexity index is 1530. The number of nitrogens with one attached hydrogen (secondary N) is 2. The zero-order valence-corrected chi connectivity index (χ0v) is 20.6. The fourth-order valence-electron chi connectivity index (χ4n) is 3.53. The minimum absolute atomic E-state index is 0.218. The van der Waals surface area contributed by atoms with Crippen LogP contribution in [-0.2, 0) is 6.42 Å². The van der Waals surface area contributed by atoms with Crippen LogP contribution in [0.5, 0.6) is 0 Å². The Morgan fingerprint density at radius 3 is 2.73 bits per heavy atom. The molecule has 5 rings (SSSR count). The summed E-state index contributed by atoms with van der Waals surface area (Å²) in [6.45, 7) is 2.02. The van der Waals surface area contributed by atoms with Gasteiger partial charge >= 0.3 is 0 Å². The molecule has 33 heavy (non-hydrogen) atoms. The van der Waals surface area contributed by atoms with Gasteiger partial charge in [-0.15, -0.1) is 10.2 Å².